The minimum absolute atomic E-state index is 0.143. The number of benzene rings is 1. The highest BCUT2D eigenvalue weighted by Gasteiger charge is 2.28. The van der Waals surface area contributed by atoms with E-state index in [1.807, 2.05) is 32.0 Å². The summed E-state index contributed by atoms with van der Waals surface area (Å²) in [6.45, 7) is 6.32. The number of amides is 1. The Balaban J connectivity index is 1.92. The molecule has 138 valence electrons. The number of methoxy groups -OCH3 is 1. The Morgan fingerprint density at radius 1 is 1.24 bits per heavy atom. The predicted octanol–water partition coefficient (Wildman–Crippen LogP) is 2.00. The standard InChI is InChI=1S/C18H28N4O3/c1-4-19-18(21-11-10-20-17(23)13-6-7-13)22-14-8-9-15(25-5-2)16(12-14)24-3/h8-9,12-13H,4-7,10-11H2,1-3H3,(H,20,23)(H2,19,21,22). The van der Waals surface area contributed by atoms with Crippen molar-refractivity contribution >= 4 is 17.6 Å². The van der Waals surface area contributed by atoms with Crippen molar-refractivity contribution in [3.05, 3.63) is 18.2 Å². The zero-order valence-electron chi connectivity index (χ0n) is 15.2. The van der Waals surface area contributed by atoms with Gasteiger partial charge in [-0.25, -0.2) is 0 Å². The number of nitrogens with one attached hydrogen (secondary N) is 3. The Kier molecular flexibility index (Phi) is 7.37. The second-order valence-corrected chi connectivity index (χ2v) is 5.75. The van der Waals surface area contributed by atoms with Crippen LogP contribution in [0.5, 0.6) is 11.5 Å². The Hall–Kier alpha value is -2.44. The van der Waals surface area contributed by atoms with Gasteiger partial charge in [-0.05, 0) is 38.8 Å². The summed E-state index contributed by atoms with van der Waals surface area (Å²) in [5.41, 5.74) is 0.849. The molecule has 0 saturated heterocycles. The third-order valence-corrected chi connectivity index (χ3v) is 3.70. The monoisotopic (exact) mass is 348 g/mol. The SMILES string of the molecule is CCNC(=NCCNC(=O)C1CC1)Nc1ccc(OCC)c(OC)c1. The molecule has 0 aliphatic heterocycles. The zero-order valence-corrected chi connectivity index (χ0v) is 15.2. The lowest BCUT2D eigenvalue weighted by Crippen LogP contribution is -2.32. The molecule has 0 heterocycles. The molecule has 1 saturated carbocycles. The summed E-state index contributed by atoms with van der Waals surface area (Å²) in [7, 11) is 1.61. The van der Waals surface area contributed by atoms with E-state index in [9.17, 15) is 4.79 Å². The lowest BCUT2D eigenvalue weighted by Gasteiger charge is -2.14. The van der Waals surface area contributed by atoms with Gasteiger partial charge in [0, 0.05) is 30.8 Å². The molecule has 0 atom stereocenters. The van der Waals surface area contributed by atoms with Crippen LogP contribution in [0.1, 0.15) is 26.7 Å². The van der Waals surface area contributed by atoms with E-state index in [-0.39, 0.29) is 11.8 Å². The number of nitrogens with zero attached hydrogens (tertiary/aromatic N) is 1. The average Bonchev–Trinajstić information content (AvgIpc) is 3.45. The number of rotatable bonds is 9. The van der Waals surface area contributed by atoms with Crippen LogP contribution in [0.2, 0.25) is 0 Å². The van der Waals surface area contributed by atoms with E-state index in [4.69, 9.17) is 9.47 Å². The molecule has 0 radical (unpaired) electrons. The highest BCUT2D eigenvalue weighted by molar-refractivity contribution is 5.94. The van der Waals surface area contributed by atoms with Crippen LogP contribution < -0.4 is 25.4 Å². The second-order valence-electron chi connectivity index (χ2n) is 5.75. The van der Waals surface area contributed by atoms with E-state index in [0.29, 0.717) is 37.2 Å². The Labute approximate surface area is 149 Å². The van der Waals surface area contributed by atoms with Gasteiger partial charge in [0.2, 0.25) is 5.91 Å². The molecule has 1 aromatic carbocycles. The Morgan fingerprint density at radius 2 is 2.04 bits per heavy atom. The number of carbonyl (C=O) groups is 1. The van der Waals surface area contributed by atoms with Gasteiger partial charge in [0.1, 0.15) is 0 Å². The van der Waals surface area contributed by atoms with E-state index in [1.54, 1.807) is 7.11 Å². The number of ether oxygens (including phenoxy) is 2. The van der Waals surface area contributed by atoms with Crippen molar-refractivity contribution in [1.29, 1.82) is 0 Å². The molecule has 1 amide bonds. The average molecular weight is 348 g/mol. The fourth-order valence-electron chi connectivity index (χ4n) is 2.30. The van der Waals surface area contributed by atoms with Gasteiger partial charge in [0.05, 0.1) is 20.3 Å². The van der Waals surface area contributed by atoms with Gasteiger partial charge in [-0.1, -0.05) is 0 Å². The molecular formula is C18H28N4O3. The van der Waals surface area contributed by atoms with Crippen LogP contribution in [-0.4, -0.2) is 45.2 Å². The van der Waals surface area contributed by atoms with Crippen molar-refractivity contribution in [2.75, 3.05) is 38.7 Å². The van der Waals surface area contributed by atoms with Crippen molar-refractivity contribution in [3.63, 3.8) is 0 Å². The molecule has 3 N–H and O–H groups in total. The van der Waals surface area contributed by atoms with Crippen LogP contribution in [0, 0.1) is 5.92 Å². The molecule has 0 unspecified atom stereocenters. The molecule has 0 bridgehead atoms. The third kappa shape index (κ3) is 6.17. The number of hydrogen-bond acceptors (Lipinski definition) is 4. The summed E-state index contributed by atoms with van der Waals surface area (Å²) in [5.74, 6) is 2.41. The molecule has 1 fully saturated rings. The molecule has 25 heavy (non-hydrogen) atoms. The first-order chi connectivity index (χ1) is 12.2. The van der Waals surface area contributed by atoms with E-state index >= 15 is 0 Å². The van der Waals surface area contributed by atoms with Crippen molar-refractivity contribution in [3.8, 4) is 11.5 Å². The Bertz CT molecular complexity index is 600. The summed E-state index contributed by atoms with van der Waals surface area (Å²) in [6, 6.07) is 5.64. The maximum atomic E-state index is 11.6. The topological polar surface area (TPSA) is 84.0 Å². The molecule has 1 aromatic rings. The molecule has 2 rings (SSSR count). The molecule has 1 aliphatic rings. The molecular weight excluding hydrogens is 320 g/mol. The van der Waals surface area contributed by atoms with E-state index in [1.165, 1.54) is 0 Å². The molecule has 7 heteroatoms. The molecule has 1 aliphatic carbocycles. The quantitative estimate of drug-likeness (QED) is 0.361. The first-order valence-corrected chi connectivity index (χ1v) is 8.81. The number of guanidine groups is 1. The van der Waals surface area contributed by atoms with E-state index in [0.717, 1.165) is 25.1 Å². The van der Waals surface area contributed by atoms with Gasteiger partial charge >= 0.3 is 0 Å². The van der Waals surface area contributed by atoms with Gasteiger partial charge in [0.15, 0.2) is 17.5 Å². The van der Waals surface area contributed by atoms with Crippen LogP contribution in [0.15, 0.2) is 23.2 Å². The minimum atomic E-state index is 0.143. The van der Waals surface area contributed by atoms with E-state index in [2.05, 4.69) is 20.9 Å². The van der Waals surface area contributed by atoms with Crippen molar-refractivity contribution in [2.24, 2.45) is 10.9 Å². The van der Waals surface area contributed by atoms with Crippen LogP contribution in [-0.2, 0) is 4.79 Å². The van der Waals surface area contributed by atoms with Crippen LogP contribution in [0.3, 0.4) is 0 Å². The summed E-state index contributed by atoms with van der Waals surface area (Å²) in [4.78, 5) is 16.1. The fourth-order valence-corrected chi connectivity index (χ4v) is 2.30. The maximum Gasteiger partial charge on any atom is 0.223 e. The second kappa shape index (κ2) is 9.76. The van der Waals surface area contributed by atoms with Crippen molar-refractivity contribution in [1.82, 2.24) is 10.6 Å². The van der Waals surface area contributed by atoms with Gasteiger partial charge < -0.3 is 25.4 Å². The van der Waals surface area contributed by atoms with E-state index < -0.39 is 0 Å². The molecule has 0 spiro atoms. The number of carbonyl (C=O) groups excluding carboxylic acids is 1. The van der Waals surface area contributed by atoms with Crippen molar-refractivity contribution in [2.45, 2.75) is 26.7 Å². The van der Waals surface area contributed by atoms with Gasteiger partial charge in [-0.15, -0.1) is 0 Å². The zero-order chi connectivity index (χ0) is 18.1. The van der Waals surface area contributed by atoms with Crippen LogP contribution >= 0.6 is 0 Å². The third-order valence-electron chi connectivity index (χ3n) is 3.70. The molecule has 0 aromatic heterocycles. The highest BCUT2D eigenvalue weighted by atomic mass is 16.5. The lowest BCUT2D eigenvalue weighted by atomic mass is 10.2. The summed E-state index contributed by atoms with van der Waals surface area (Å²) < 4.78 is 10.9. The lowest BCUT2D eigenvalue weighted by molar-refractivity contribution is -0.122. The number of hydrogen-bond donors (Lipinski definition) is 3. The van der Waals surface area contributed by atoms with Crippen LogP contribution in [0.4, 0.5) is 5.69 Å². The highest BCUT2D eigenvalue weighted by Crippen LogP contribution is 2.30. The van der Waals surface area contributed by atoms with Crippen molar-refractivity contribution < 1.29 is 14.3 Å². The largest absolute Gasteiger partial charge is 0.493 e. The summed E-state index contributed by atoms with van der Waals surface area (Å²) >= 11 is 0. The van der Waals surface area contributed by atoms with Gasteiger partial charge in [0.25, 0.3) is 0 Å². The predicted molar refractivity (Wildman–Crippen MR) is 99.5 cm³/mol. The van der Waals surface area contributed by atoms with Gasteiger partial charge in [-0.3, -0.25) is 9.79 Å². The number of aliphatic imine (C=N–C) groups is 1. The normalized spacial score (nSPS) is 14.0. The smallest absolute Gasteiger partial charge is 0.223 e. The first-order valence-electron chi connectivity index (χ1n) is 8.81. The minimum Gasteiger partial charge on any atom is -0.493 e. The molecule has 7 nitrogen and oxygen atoms in total. The van der Waals surface area contributed by atoms with Crippen LogP contribution in [0.25, 0.3) is 0 Å². The summed E-state index contributed by atoms with van der Waals surface area (Å²) in [5, 5.41) is 9.33. The maximum absolute atomic E-state index is 11.6. The Morgan fingerprint density at radius 3 is 2.68 bits per heavy atom. The van der Waals surface area contributed by atoms with Gasteiger partial charge in [-0.2, -0.15) is 0 Å². The number of anilines is 1. The summed E-state index contributed by atoms with van der Waals surface area (Å²) in [6.07, 6.45) is 2.03. The first kappa shape index (κ1) is 18.9. The fraction of sp³-hybridized carbons (Fsp3) is 0.556.